The van der Waals surface area contributed by atoms with Crippen molar-refractivity contribution < 1.29 is 13.2 Å². The van der Waals surface area contributed by atoms with Gasteiger partial charge in [0.2, 0.25) is 5.91 Å². The van der Waals surface area contributed by atoms with Gasteiger partial charge in [0.15, 0.2) is 0 Å². The Balaban J connectivity index is 2.65. The number of anilines is 1. The maximum atomic E-state index is 11.6. The lowest BCUT2D eigenvalue weighted by molar-refractivity contribution is -0.115. The van der Waals surface area contributed by atoms with E-state index < -0.39 is 22.7 Å². The normalized spacial score (nSPS) is 11.1. The molecule has 0 aliphatic heterocycles. The van der Waals surface area contributed by atoms with Crippen LogP contribution in [0.4, 0.5) is 5.69 Å². The fraction of sp³-hybridized carbons (Fsp3) is 0.273. The molecule has 0 spiro atoms. The average molecular weight is 282 g/mol. The van der Waals surface area contributed by atoms with Gasteiger partial charge in [0, 0.05) is 14.1 Å². The Bertz CT molecular complexity index is 605. The Hall–Kier alpha value is -1.95. The fourth-order valence-electron chi connectivity index (χ4n) is 1.17. The van der Waals surface area contributed by atoms with Gasteiger partial charge in [-0.3, -0.25) is 4.79 Å². The van der Waals surface area contributed by atoms with Crippen LogP contribution >= 0.6 is 0 Å². The predicted octanol–water partition coefficient (Wildman–Crippen LogP) is -0.107. The van der Waals surface area contributed by atoms with Gasteiger partial charge in [-0.05, 0) is 12.1 Å². The summed E-state index contributed by atoms with van der Waals surface area (Å²) < 4.78 is 25.9. The van der Waals surface area contributed by atoms with Gasteiger partial charge < -0.3 is 5.32 Å². The van der Waals surface area contributed by atoms with Crippen molar-refractivity contribution in [2.75, 3.05) is 26.0 Å². The minimum absolute atomic E-state index is 0.311. The van der Waals surface area contributed by atoms with Crippen molar-refractivity contribution in [3.63, 3.8) is 0 Å². The van der Waals surface area contributed by atoms with Crippen molar-refractivity contribution in [1.29, 1.82) is 5.26 Å². The van der Waals surface area contributed by atoms with Crippen LogP contribution in [0.25, 0.3) is 0 Å². The second-order valence-electron chi connectivity index (χ2n) is 3.81. The van der Waals surface area contributed by atoms with Crippen LogP contribution in [0.15, 0.2) is 24.3 Å². The van der Waals surface area contributed by atoms with E-state index in [-0.39, 0.29) is 0 Å². The van der Waals surface area contributed by atoms with Gasteiger partial charge in [-0.2, -0.15) is 22.7 Å². The molecular weight excluding hydrogens is 268 g/mol. The molecule has 0 saturated carbocycles. The van der Waals surface area contributed by atoms with E-state index in [1.54, 1.807) is 24.3 Å². The second kappa shape index (κ2) is 6.29. The van der Waals surface area contributed by atoms with E-state index in [4.69, 9.17) is 5.26 Å². The third-order valence-corrected chi connectivity index (χ3v) is 3.69. The van der Waals surface area contributed by atoms with E-state index in [1.165, 1.54) is 14.1 Å². The van der Waals surface area contributed by atoms with Crippen LogP contribution in [-0.2, 0) is 15.0 Å². The minimum Gasteiger partial charge on any atom is -0.324 e. The lowest BCUT2D eigenvalue weighted by atomic mass is 10.2. The summed E-state index contributed by atoms with van der Waals surface area (Å²) in [6, 6.07) is 8.39. The van der Waals surface area contributed by atoms with E-state index in [0.29, 0.717) is 11.3 Å². The van der Waals surface area contributed by atoms with Gasteiger partial charge >= 0.3 is 0 Å². The molecule has 2 N–H and O–H groups in total. The number of benzene rings is 1. The highest BCUT2D eigenvalue weighted by atomic mass is 32.2. The summed E-state index contributed by atoms with van der Waals surface area (Å²) in [6.45, 7) is -0.403. The van der Waals surface area contributed by atoms with Gasteiger partial charge in [0.05, 0.1) is 17.8 Å². The Morgan fingerprint density at radius 1 is 1.37 bits per heavy atom. The molecule has 0 atom stereocenters. The molecule has 7 nitrogen and oxygen atoms in total. The third-order valence-electron chi connectivity index (χ3n) is 2.22. The zero-order chi connectivity index (χ0) is 14.5. The summed E-state index contributed by atoms with van der Waals surface area (Å²) in [4.78, 5) is 11.6. The minimum atomic E-state index is -3.64. The molecule has 0 saturated heterocycles. The predicted molar refractivity (Wildman–Crippen MR) is 70.4 cm³/mol. The Morgan fingerprint density at radius 3 is 2.58 bits per heavy atom. The number of hydrogen-bond acceptors (Lipinski definition) is 4. The van der Waals surface area contributed by atoms with Crippen molar-refractivity contribution in [1.82, 2.24) is 9.03 Å². The molecule has 102 valence electrons. The van der Waals surface area contributed by atoms with E-state index in [0.717, 1.165) is 4.31 Å². The number of hydrogen-bond donors (Lipinski definition) is 2. The van der Waals surface area contributed by atoms with E-state index in [9.17, 15) is 13.2 Å². The van der Waals surface area contributed by atoms with Gasteiger partial charge in [-0.25, -0.2) is 0 Å². The summed E-state index contributed by atoms with van der Waals surface area (Å²) in [7, 11) is -0.939. The zero-order valence-corrected chi connectivity index (χ0v) is 11.4. The number of nitrogens with one attached hydrogen (secondary N) is 2. The highest BCUT2D eigenvalue weighted by Gasteiger charge is 2.15. The first-order valence-electron chi connectivity index (χ1n) is 5.33. The summed E-state index contributed by atoms with van der Waals surface area (Å²) >= 11 is 0. The average Bonchev–Trinajstić information content (AvgIpc) is 2.37. The molecule has 0 fully saturated rings. The molecule has 1 aromatic rings. The van der Waals surface area contributed by atoms with E-state index in [1.807, 2.05) is 6.07 Å². The molecule has 0 radical (unpaired) electrons. The Morgan fingerprint density at radius 2 is 2.00 bits per heavy atom. The van der Waals surface area contributed by atoms with Crippen molar-refractivity contribution in [3.05, 3.63) is 29.8 Å². The molecule has 0 aliphatic carbocycles. The third kappa shape index (κ3) is 4.33. The fourth-order valence-corrected chi connectivity index (χ4v) is 1.74. The molecule has 8 heteroatoms. The van der Waals surface area contributed by atoms with Gasteiger partial charge in [0.1, 0.15) is 6.07 Å². The molecule has 0 unspecified atom stereocenters. The van der Waals surface area contributed by atoms with Crippen molar-refractivity contribution >= 4 is 21.8 Å². The summed E-state index contributed by atoms with van der Waals surface area (Å²) in [5.41, 5.74) is 0.658. The van der Waals surface area contributed by atoms with Crippen molar-refractivity contribution in [3.8, 4) is 6.07 Å². The molecule has 0 aromatic heterocycles. The molecule has 0 heterocycles. The van der Waals surface area contributed by atoms with Gasteiger partial charge in [0.25, 0.3) is 10.2 Å². The van der Waals surface area contributed by atoms with E-state index >= 15 is 0 Å². The molecular formula is C11H14N4O3S. The zero-order valence-electron chi connectivity index (χ0n) is 10.5. The molecule has 0 aliphatic rings. The highest BCUT2D eigenvalue weighted by molar-refractivity contribution is 7.87. The van der Waals surface area contributed by atoms with Crippen LogP contribution < -0.4 is 10.0 Å². The number of amides is 1. The topological polar surface area (TPSA) is 102 Å². The maximum Gasteiger partial charge on any atom is 0.279 e. The van der Waals surface area contributed by atoms with Gasteiger partial charge in [-0.1, -0.05) is 12.1 Å². The van der Waals surface area contributed by atoms with Crippen molar-refractivity contribution in [2.24, 2.45) is 0 Å². The number of nitriles is 1. The second-order valence-corrected chi connectivity index (χ2v) is 5.78. The number of para-hydroxylation sites is 1. The number of rotatable bonds is 5. The van der Waals surface area contributed by atoms with Gasteiger partial charge in [-0.15, -0.1) is 0 Å². The first-order chi connectivity index (χ1) is 8.86. The first-order valence-corrected chi connectivity index (χ1v) is 6.77. The monoisotopic (exact) mass is 282 g/mol. The molecule has 1 rings (SSSR count). The molecule has 1 amide bonds. The maximum absolute atomic E-state index is 11.6. The summed E-state index contributed by atoms with van der Waals surface area (Å²) in [5, 5.41) is 11.3. The number of carbonyl (C=O) groups excluding carboxylic acids is 1. The number of carbonyl (C=O) groups is 1. The van der Waals surface area contributed by atoms with Crippen LogP contribution in [0, 0.1) is 11.3 Å². The summed E-state index contributed by atoms with van der Waals surface area (Å²) in [5.74, 6) is -0.548. The van der Waals surface area contributed by atoms with Crippen LogP contribution in [0.2, 0.25) is 0 Å². The van der Waals surface area contributed by atoms with Crippen LogP contribution in [0.1, 0.15) is 5.56 Å². The Kier molecular flexibility index (Phi) is 5.00. The highest BCUT2D eigenvalue weighted by Crippen LogP contribution is 2.12. The first kappa shape index (κ1) is 15.1. The van der Waals surface area contributed by atoms with E-state index in [2.05, 4.69) is 10.0 Å². The standard InChI is InChI=1S/C11H14N4O3S/c1-15(2)19(17,18)13-8-11(16)14-10-6-4-3-5-9(10)7-12/h3-6,13H,8H2,1-2H3,(H,14,16). The lowest BCUT2D eigenvalue weighted by Gasteiger charge is -2.12. The lowest BCUT2D eigenvalue weighted by Crippen LogP contribution is -2.40. The van der Waals surface area contributed by atoms with Crippen LogP contribution in [0.3, 0.4) is 0 Å². The largest absolute Gasteiger partial charge is 0.324 e. The quantitative estimate of drug-likeness (QED) is 0.786. The van der Waals surface area contributed by atoms with Crippen LogP contribution in [-0.4, -0.2) is 39.3 Å². The smallest absolute Gasteiger partial charge is 0.279 e. The molecule has 19 heavy (non-hydrogen) atoms. The number of nitrogens with zero attached hydrogens (tertiary/aromatic N) is 2. The summed E-state index contributed by atoms with van der Waals surface area (Å²) in [6.07, 6.45) is 0. The molecule has 1 aromatic carbocycles. The molecule has 0 bridgehead atoms. The van der Waals surface area contributed by atoms with Crippen molar-refractivity contribution in [2.45, 2.75) is 0 Å². The SMILES string of the molecule is CN(C)S(=O)(=O)NCC(=O)Nc1ccccc1C#N. The Labute approximate surface area is 112 Å². The van der Waals surface area contributed by atoms with Crippen LogP contribution in [0.5, 0.6) is 0 Å².